The van der Waals surface area contributed by atoms with E-state index >= 15 is 0 Å². The second-order valence-electron chi connectivity index (χ2n) is 5.32. The molecule has 6 heteroatoms. The van der Waals surface area contributed by atoms with E-state index in [0.29, 0.717) is 5.75 Å². The molecule has 0 radical (unpaired) electrons. The summed E-state index contributed by atoms with van der Waals surface area (Å²) in [5.74, 6) is 1.36. The van der Waals surface area contributed by atoms with Crippen LogP contribution in [0.3, 0.4) is 0 Å². The molecule has 3 rings (SSSR count). The minimum absolute atomic E-state index is 0.131. The lowest BCUT2D eigenvalue weighted by molar-refractivity contribution is 0.102. The number of thioether (sulfide) groups is 1. The number of hydrogen-bond donors (Lipinski definition) is 0. The van der Waals surface area contributed by atoms with E-state index in [1.807, 2.05) is 54.1 Å². The zero-order chi connectivity index (χ0) is 17.1. The predicted octanol–water partition coefficient (Wildman–Crippen LogP) is 4.53. The van der Waals surface area contributed by atoms with E-state index in [2.05, 4.69) is 4.98 Å². The van der Waals surface area contributed by atoms with Gasteiger partial charge in [0.25, 0.3) is 0 Å². The van der Waals surface area contributed by atoms with Gasteiger partial charge in [0.15, 0.2) is 10.9 Å². The van der Waals surface area contributed by atoms with Crippen LogP contribution in [0.1, 0.15) is 21.7 Å². The Morgan fingerprint density at radius 1 is 1.29 bits per heavy atom. The molecule has 24 heavy (non-hydrogen) atoms. The first-order valence-corrected chi connectivity index (χ1v) is 9.35. The molecule has 0 fully saturated rings. The first-order valence-electron chi connectivity index (χ1n) is 7.49. The highest BCUT2D eigenvalue weighted by Gasteiger charge is 2.17. The minimum atomic E-state index is 0.131. The molecule has 0 bridgehead atoms. The van der Waals surface area contributed by atoms with E-state index in [1.165, 1.54) is 11.8 Å². The molecular formula is C18H18N2O2S2. The average molecular weight is 358 g/mol. The molecule has 0 aliphatic carbocycles. The number of ether oxygens (including phenoxy) is 1. The number of benzene rings is 1. The summed E-state index contributed by atoms with van der Waals surface area (Å²) in [5, 5.41) is 2.83. The van der Waals surface area contributed by atoms with Crippen molar-refractivity contribution < 1.29 is 9.53 Å². The first kappa shape index (κ1) is 16.8. The van der Waals surface area contributed by atoms with Crippen LogP contribution in [0, 0.1) is 13.8 Å². The van der Waals surface area contributed by atoms with Crippen LogP contribution >= 0.6 is 23.1 Å². The van der Waals surface area contributed by atoms with Gasteiger partial charge in [0, 0.05) is 33.4 Å². The second-order valence-corrected chi connectivity index (χ2v) is 7.24. The maximum absolute atomic E-state index is 12.6. The third-order valence-electron chi connectivity index (χ3n) is 3.77. The summed E-state index contributed by atoms with van der Waals surface area (Å²) >= 11 is 3.10. The highest BCUT2D eigenvalue weighted by Crippen LogP contribution is 2.26. The van der Waals surface area contributed by atoms with Gasteiger partial charge < -0.3 is 4.74 Å². The quantitative estimate of drug-likeness (QED) is 0.479. The zero-order valence-electron chi connectivity index (χ0n) is 13.8. The van der Waals surface area contributed by atoms with Crippen LogP contribution in [0.15, 0.2) is 46.8 Å². The van der Waals surface area contributed by atoms with Gasteiger partial charge in [-0.05, 0) is 44.2 Å². The molecule has 0 N–H and O–H groups in total. The highest BCUT2D eigenvalue weighted by atomic mass is 32.2. The molecule has 0 saturated carbocycles. The maximum Gasteiger partial charge on any atom is 0.193 e. The van der Waals surface area contributed by atoms with E-state index in [0.717, 1.165) is 32.7 Å². The summed E-state index contributed by atoms with van der Waals surface area (Å²) < 4.78 is 7.18. The van der Waals surface area contributed by atoms with Crippen molar-refractivity contribution >= 4 is 28.9 Å². The summed E-state index contributed by atoms with van der Waals surface area (Å²) in [6, 6.07) is 9.70. The van der Waals surface area contributed by atoms with Crippen LogP contribution in [0.4, 0.5) is 0 Å². The molecule has 0 saturated heterocycles. The number of nitrogens with zero attached hydrogens (tertiary/aromatic N) is 2. The van der Waals surface area contributed by atoms with E-state index in [4.69, 9.17) is 4.74 Å². The Hall–Kier alpha value is -2.05. The highest BCUT2D eigenvalue weighted by molar-refractivity contribution is 8.00. The fourth-order valence-electron chi connectivity index (χ4n) is 2.56. The summed E-state index contributed by atoms with van der Waals surface area (Å²) in [7, 11) is 1.64. The third kappa shape index (κ3) is 3.39. The first-order chi connectivity index (χ1) is 11.6. The van der Waals surface area contributed by atoms with Gasteiger partial charge in [0.2, 0.25) is 0 Å². The van der Waals surface area contributed by atoms with Crippen molar-refractivity contribution in [3.05, 3.63) is 58.9 Å². The van der Waals surface area contributed by atoms with Gasteiger partial charge >= 0.3 is 0 Å². The van der Waals surface area contributed by atoms with Gasteiger partial charge in [-0.3, -0.25) is 9.36 Å². The number of carbonyl (C=O) groups excluding carboxylic acids is 1. The number of carbonyl (C=O) groups is 1. The largest absolute Gasteiger partial charge is 0.497 e. The molecule has 0 spiro atoms. The van der Waals surface area contributed by atoms with Crippen molar-refractivity contribution in [1.82, 2.24) is 9.55 Å². The number of thiazole rings is 1. The minimum Gasteiger partial charge on any atom is -0.497 e. The van der Waals surface area contributed by atoms with Gasteiger partial charge in [-0.1, -0.05) is 0 Å². The standard InChI is InChI=1S/C18H18N2O2S2/c1-12-10-16(13(2)20(12)18-19-8-9-23-18)17(21)11-24-15-6-4-14(22-3)5-7-15/h4-10H,11H2,1-3H3. The summed E-state index contributed by atoms with van der Waals surface area (Å²) in [5.41, 5.74) is 2.74. The van der Waals surface area contributed by atoms with Crippen molar-refractivity contribution in [2.24, 2.45) is 0 Å². The molecule has 4 nitrogen and oxygen atoms in total. The number of aryl methyl sites for hydroxylation is 1. The number of hydrogen-bond acceptors (Lipinski definition) is 5. The van der Waals surface area contributed by atoms with Crippen LogP contribution in [-0.2, 0) is 0 Å². The number of aromatic nitrogens is 2. The Labute approximate surface area is 149 Å². The van der Waals surface area contributed by atoms with Crippen LogP contribution in [0.5, 0.6) is 5.75 Å². The molecule has 0 aliphatic rings. The predicted molar refractivity (Wildman–Crippen MR) is 99.0 cm³/mol. The van der Waals surface area contributed by atoms with E-state index < -0.39 is 0 Å². The number of ketones is 1. The lowest BCUT2D eigenvalue weighted by Crippen LogP contribution is -2.05. The maximum atomic E-state index is 12.6. The molecule has 2 aromatic heterocycles. The van der Waals surface area contributed by atoms with Gasteiger partial charge in [-0.25, -0.2) is 4.98 Å². The molecule has 124 valence electrons. The molecule has 0 aliphatic heterocycles. The molecular weight excluding hydrogens is 340 g/mol. The summed E-state index contributed by atoms with van der Waals surface area (Å²) in [6.07, 6.45) is 1.78. The Balaban J connectivity index is 1.74. The van der Waals surface area contributed by atoms with Gasteiger partial charge in [0.1, 0.15) is 5.75 Å². The van der Waals surface area contributed by atoms with Gasteiger partial charge in [-0.2, -0.15) is 0 Å². The molecule has 0 amide bonds. The Morgan fingerprint density at radius 2 is 2.04 bits per heavy atom. The molecule has 0 atom stereocenters. The summed E-state index contributed by atoms with van der Waals surface area (Å²) in [4.78, 5) is 18.0. The lowest BCUT2D eigenvalue weighted by Gasteiger charge is -2.06. The molecule has 0 unspecified atom stereocenters. The van der Waals surface area contributed by atoms with Gasteiger partial charge in [-0.15, -0.1) is 23.1 Å². The van der Waals surface area contributed by atoms with Crippen molar-refractivity contribution in [2.75, 3.05) is 12.9 Å². The molecule has 2 heterocycles. The molecule has 1 aromatic carbocycles. The van der Waals surface area contributed by atoms with E-state index in [-0.39, 0.29) is 5.78 Å². The van der Waals surface area contributed by atoms with Crippen molar-refractivity contribution in [1.29, 1.82) is 0 Å². The zero-order valence-corrected chi connectivity index (χ0v) is 15.4. The van der Waals surface area contributed by atoms with E-state index in [1.54, 1.807) is 24.6 Å². The topological polar surface area (TPSA) is 44.1 Å². The van der Waals surface area contributed by atoms with Gasteiger partial charge in [0.05, 0.1) is 12.9 Å². The lowest BCUT2D eigenvalue weighted by atomic mass is 10.2. The Morgan fingerprint density at radius 3 is 2.67 bits per heavy atom. The Kier molecular flexibility index (Phi) is 5.06. The van der Waals surface area contributed by atoms with Crippen LogP contribution in [0.25, 0.3) is 5.13 Å². The van der Waals surface area contributed by atoms with Crippen LogP contribution in [0.2, 0.25) is 0 Å². The number of methoxy groups -OCH3 is 1. The SMILES string of the molecule is COc1ccc(SCC(=O)c2cc(C)n(-c3nccs3)c2C)cc1. The summed E-state index contributed by atoms with van der Waals surface area (Å²) in [6.45, 7) is 3.97. The van der Waals surface area contributed by atoms with Crippen molar-refractivity contribution in [2.45, 2.75) is 18.7 Å². The van der Waals surface area contributed by atoms with Crippen LogP contribution < -0.4 is 4.74 Å². The molecule has 3 aromatic rings. The van der Waals surface area contributed by atoms with E-state index in [9.17, 15) is 4.79 Å². The number of Topliss-reactive ketones (excluding diaryl/α,β-unsaturated/α-hetero) is 1. The third-order valence-corrected chi connectivity index (χ3v) is 5.54. The number of rotatable bonds is 6. The Bertz CT molecular complexity index is 837. The average Bonchev–Trinajstić information content (AvgIpc) is 3.21. The van der Waals surface area contributed by atoms with Crippen molar-refractivity contribution in [3.63, 3.8) is 0 Å². The smallest absolute Gasteiger partial charge is 0.193 e. The van der Waals surface area contributed by atoms with Crippen LogP contribution in [-0.4, -0.2) is 28.2 Å². The second kappa shape index (κ2) is 7.23. The fraction of sp³-hybridized carbons (Fsp3) is 0.222. The van der Waals surface area contributed by atoms with Crippen molar-refractivity contribution in [3.8, 4) is 10.9 Å². The monoisotopic (exact) mass is 358 g/mol. The fourth-order valence-corrected chi connectivity index (χ4v) is 4.10. The normalized spacial score (nSPS) is 10.8.